The fourth-order valence-corrected chi connectivity index (χ4v) is 3.85. The third kappa shape index (κ3) is 5.18. The van der Waals surface area contributed by atoms with E-state index in [-0.39, 0.29) is 23.5 Å². The number of amides is 1. The molecular formula is C18H21F3N4OS. The standard InChI is InChI=1S/C18H21F3N4OS/c1-12-23-15(18(19,20)21)11-16(24-12)25-8-5-13(6-9-25)17(26)22-7-4-14-3-2-10-27-14/h2-3,10-11,13H,4-9H2,1H3,(H,22,26). The van der Waals surface area contributed by atoms with Crippen LogP contribution in [0.5, 0.6) is 0 Å². The van der Waals surface area contributed by atoms with E-state index < -0.39 is 11.9 Å². The predicted octanol–water partition coefficient (Wildman–Crippen LogP) is 3.44. The van der Waals surface area contributed by atoms with Gasteiger partial charge in [-0.2, -0.15) is 13.2 Å². The second-order valence-corrected chi connectivity index (χ2v) is 7.57. The first-order valence-electron chi connectivity index (χ1n) is 8.81. The molecule has 27 heavy (non-hydrogen) atoms. The Hall–Kier alpha value is -2.16. The molecular weight excluding hydrogens is 377 g/mol. The van der Waals surface area contributed by atoms with Crippen LogP contribution in [0, 0.1) is 12.8 Å². The average Bonchev–Trinajstić information content (AvgIpc) is 3.14. The van der Waals surface area contributed by atoms with E-state index in [4.69, 9.17) is 0 Å². The van der Waals surface area contributed by atoms with Crippen molar-refractivity contribution in [1.82, 2.24) is 15.3 Å². The summed E-state index contributed by atoms with van der Waals surface area (Å²) in [6, 6.07) is 5.00. The van der Waals surface area contributed by atoms with Crippen LogP contribution in [0.2, 0.25) is 0 Å². The van der Waals surface area contributed by atoms with Crippen molar-refractivity contribution in [3.63, 3.8) is 0 Å². The van der Waals surface area contributed by atoms with E-state index in [2.05, 4.69) is 15.3 Å². The summed E-state index contributed by atoms with van der Waals surface area (Å²) in [6.07, 6.45) is -2.50. The van der Waals surface area contributed by atoms with Gasteiger partial charge in [0.1, 0.15) is 17.3 Å². The molecule has 1 aliphatic heterocycles. The van der Waals surface area contributed by atoms with E-state index >= 15 is 0 Å². The maximum atomic E-state index is 12.9. The Morgan fingerprint density at radius 1 is 1.33 bits per heavy atom. The van der Waals surface area contributed by atoms with Crippen LogP contribution in [-0.2, 0) is 17.4 Å². The van der Waals surface area contributed by atoms with E-state index in [1.807, 2.05) is 17.5 Å². The highest BCUT2D eigenvalue weighted by atomic mass is 32.1. The second kappa shape index (κ2) is 8.24. The lowest BCUT2D eigenvalue weighted by Gasteiger charge is -2.32. The van der Waals surface area contributed by atoms with Gasteiger partial charge in [-0.15, -0.1) is 11.3 Å². The Labute approximate surface area is 159 Å². The molecule has 0 bridgehead atoms. The largest absolute Gasteiger partial charge is 0.433 e. The van der Waals surface area contributed by atoms with Gasteiger partial charge in [0.15, 0.2) is 0 Å². The van der Waals surface area contributed by atoms with Crippen LogP contribution in [0.15, 0.2) is 23.6 Å². The molecule has 1 N–H and O–H groups in total. The predicted molar refractivity (Wildman–Crippen MR) is 97.7 cm³/mol. The molecule has 146 valence electrons. The van der Waals surface area contributed by atoms with Crippen LogP contribution in [0.3, 0.4) is 0 Å². The second-order valence-electron chi connectivity index (χ2n) is 6.54. The number of carbonyl (C=O) groups is 1. The van der Waals surface area contributed by atoms with Gasteiger partial charge in [-0.05, 0) is 37.6 Å². The lowest BCUT2D eigenvalue weighted by Crippen LogP contribution is -2.41. The van der Waals surface area contributed by atoms with Crippen LogP contribution < -0.4 is 10.2 Å². The smallest absolute Gasteiger partial charge is 0.356 e. The normalized spacial score (nSPS) is 15.8. The van der Waals surface area contributed by atoms with Crippen molar-refractivity contribution in [2.45, 2.75) is 32.4 Å². The van der Waals surface area contributed by atoms with E-state index in [0.29, 0.717) is 32.5 Å². The Morgan fingerprint density at radius 3 is 2.70 bits per heavy atom. The topological polar surface area (TPSA) is 58.1 Å². The number of nitrogens with zero attached hydrogens (tertiary/aromatic N) is 3. The van der Waals surface area contributed by atoms with Crippen molar-refractivity contribution in [1.29, 1.82) is 0 Å². The number of carbonyl (C=O) groups excluding carboxylic acids is 1. The number of halogens is 3. The number of aromatic nitrogens is 2. The number of piperidine rings is 1. The van der Waals surface area contributed by atoms with Gasteiger partial charge in [-0.3, -0.25) is 4.79 Å². The summed E-state index contributed by atoms with van der Waals surface area (Å²) < 4.78 is 38.8. The number of alkyl halides is 3. The van der Waals surface area contributed by atoms with Gasteiger partial charge < -0.3 is 10.2 Å². The van der Waals surface area contributed by atoms with Gasteiger partial charge in [-0.1, -0.05) is 6.07 Å². The summed E-state index contributed by atoms with van der Waals surface area (Å²) >= 11 is 1.66. The Morgan fingerprint density at radius 2 is 2.07 bits per heavy atom. The van der Waals surface area contributed by atoms with Crippen molar-refractivity contribution in [3.05, 3.63) is 40.0 Å². The van der Waals surface area contributed by atoms with E-state index in [9.17, 15) is 18.0 Å². The third-order valence-corrected chi connectivity index (χ3v) is 5.49. The Bertz CT molecular complexity index is 771. The number of thiophene rings is 1. The number of hydrogen-bond acceptors (Lipinski definition) is 5. The number of nitrogens with one attached hydrogen (secondary N) is 1. The minimum atomic E-state index is -4.50. The molecule has 3 rings (SSSR count). The molecule has 2 aromatic rings. The summed E-state index contributed by atoms with van der Waals surface area (Å²) in [5.41, 5.74) is -0.932. The zero-order valence-electron chi connectivity index (χ0n) is 14.9. The number of hydrogen-bond donors (Lipinski definition) is 1. The maximum Gasteiger partial charge on any atom is 0.433 e. The summed E-state index contributed by atoms with van der Waals surface area (Å²) in [5.74, 6) is 0.260. The molecule has 1 amide bonds. The summed E-state index contributed by atoms with van der Waals surface area (Å²) in [7, 11) is 0. The molecule has 1 aliphatic rings. The number of rotatable bonds is 5. The highest BCUT2D eigenvalue weighted by Gasteiger charge is 2.34. The number of anilines is 1. The van der Waals surface area contributed by atoms with E-state index in [0.717, 1.165) is 12.5 Å². The fraction of sp³-hybridized carbons (Fsp3) is 0.500. The highest BCUT2D eigenvalue weighted by molar-refractivity contribution is 7.09. The van der Waals surface area contributed by atoms with Gasteiger partial charge in [-0.25, -0.2) is 9.97 Å². The lowest BCUT2D eigenvalue weighted by molar-refractivity contribution is -0.141. The molecule has 9 heteroatoms. The maximum absolute atomic E-state index is 12.9. The molecule has 1 fully saturated rings. The zero-order valence-corrected chi connectivity index (χ0v) is 15.7. The lowest BCUT2D eigenvalue weighted by atomic mass is 9.96. The monoisotopic (exact) mass is 398 g/mol. The van der Waals surface area contributed by atoms with Crippen molar-refractivity contribution < 1.29 is 18.0 Å². The molecule has 0 aromatic carbocycles. The van der Waals surface area contributed by atoms with Crippen LogP contribution in [0.1, 0.15) is 29.2 Å². The first kappa shape index (κ1) is 19.6. The molecule has 3 heterocycles. The van der Waals surface area contributed by atoms with Gasteiger partial charge in [0.2, 0.25) is 5.91 Å². The van der Waals surface area contributed by atoms with Crippen LogP contribution in [0.25, 0.3) is 0 Å². The molecule has 0 spiro atoms. The van der Waals surface area contributed by atoms with Gasteiger partial charge in [0.05, 0.1) is 0 Å². The first-order valence-corrected chi connectivity index (χ1v) is 9.69. The van der Waals surface area contributed by atoms with Gasteiger partial charge in [0, 0.05) is 36.5 Å². The third-order valence-electron chi connectivity index (χ3n) is 4.56. The minimum absolute atomic E-state index is 0.0149. The molecule has 0 unspecified atom stereocenters. The zero-order chi connectivity index (χ0) is 19.4. The molecule has 0 radical (unpaired) electrons. The first-order chi connectivity index (χ1) is 12.8. The molecule has 0 saturated carbocycles. The summed E-state index contributed by atoms with van der Waals surface area (Å²) in [4.78, 5) is 22.9. The summed E-state index contributed by atoms with van der Waals surface area (Å²) in [6.45, 7) is 3.04. The quantitative estimate of drug-likeness (QED) is 0.838. The molecule has 5 nitrogen and oxygen atoms in total. The molecule has 2 aromatic heterocycles. The number of aryl methyl sites for hydroxylation is 1. The summed E-state index contributed by atoms with van der Waals surface area (Å²) in [5, 5.41) is 4.96. The van der Waals surface area contributed by atoms with Crippen LogP contribution in [0.4, 0.5) is 19.0 Å². The van der Waals surface area contributed by atoms with Crippen LogP contribution >= 0.6 is 11.3 Å². The van der Waals surface area contributed by atoms with Gasteiger partial charge >= 0.3 is 6.18 Å². The molecule has 0 atom stereocenters. The Balaban J connectivity index is 1.52. The van der Waals surface area contributed by atoms with E-state index in [1.54, 1.807) is 16.2 Å². The van der Waals surface area contributed by atoms with Gasteiger partial charge in [0.25, 0.3) is 0 Å². The van der Waals surface area contributed by atoms with Crippen LogP contribution in [-0.4, -0.2) is 35.5 Å². The Kier molecular flexibility index (Phi) is 5.98. The SMILES string of the molecule is Cc1nc(N2CCC(C(=O)NCCc3cccs3)CC2)cc(C(F)(F)F)n1. The van der Waals surface area contributed by atoms with Crippen molar-refractivity contribution in [2.24, 2.45) is 5.92 Å². The minimum Gasteiger partial charge on any atom is -0.356 e. The van der Waals surface area contributed by atoms with E-state index in [1.165, 1.54) is 11.8 Å². The van der Waals surface area contributed by atoms with Crippen molar-refractivity contribution in [2.75, 3.05) is 24.5 Å². The van der Waals surface area contributed by atoms with Crippen molar-refractivity contribution in [3.8, 4) is 0 Å². The molecule has 0 aliphatic carbocycles. The van der Waals surface area contributed by atoms with Crippen molar-refractivity contribution >= 4 is 23.1 Å². The average molecular weight is 398 g/mol. The molecule has 1 saturated heterocycles. The fourth-order valence-electron chi connectivity index (χ4n) is 3.14. The highest BCUT2D eigenvalue weighted by Crippen LogP contribution is 2.30.